The molecule has 1 aliphatic heterocycles. The van der Waals surface area contributed by atoms with Gasteiger partial charge in [0.25, 0.3) is 0 Å². The summed E-state index contributed by atoms with van der Waals surface area (Å²) < 4.78 is 0. The van der Waals surface area contributed by atoms with Crippen LogP contribution >= 0.6 is 0 Å². The molecule has 2 aromatic rings. The molecule has 0 aromatic heterocycles. The van der Waals surface area contributed by atoms with E-state index in [0.717, 1.165) is 43.4 Å². The maximum Gasteiger partial charge on any atom is 0.220 e. The Labute approximate surface area is 165 Å². The summed E-state index contributed by atoms with van der Waals surface area (Å²) in [6.45, 7) is 2.00. The molecule has 0 atom stereocenters. The molecule has 6 nitrogen and oxygen atoms in total. The minimum atomic E-state index is -0.572. The highest BCUT2D eigenvalue weighted by atomic mass is 16.1. The van der Waals surface area contributed by atoms with Crippen LogP contribution < -0.4 is 16.4 Å². The van der Waals surface area contributed by atoms with Crippen LogP contribution in [0.4, 0.5) is 5.69 Å². The Morgan fingerprint density at radius 2 is 1.68 bits per heavy atom. The zero-order valence-electron chi connectivity index (χ0n) is 16.1. The zero-order valence-corrected chi connectivity index (χ0v) is 16.1. The lowest BCUT2D eigenvalue weighted by molar-refractivity contribution is 0.103. The largest absolute Gasteiger partial charge is 0.369 e. The van der Waals surface area contributed by atoms with E-state index in [1.165, 1.54) is 0 Å². The van der Waals surface area contributed by atoms with Gasteiger partial charge in [-0.15, -0.1) is 0 Å². The highest BCUT2D eigenvalue weighted by Gasteiger charge is 2.43. The summed E-state index contributed by atoms with van der Waals surface area (Å²) in [5.41, 5.74) is 14.8. The molecule has 2 aromatic carbocycles. The van der Waals surface area contributed by atoms with Crippen molar-refractivity contribution in [3.63, 3.8) is 0 Å². The van der Waals surface area contributed by atoms with Crippen LogP contribution in [-0.2, 0) is 0 Å². The third-order valence-electron chi connectivity index (χ3n) is 5.55. The third-order valence-corrected chi connectivity index (χ3v) is 5.55. The van der Waals surface area contributed by atoms with Gasteiger partial charge >= 0.3 is 0 Å². The summed E-state index contributed by atoms with van der Waals surface area (Å²) in [5.74, 6) is 0.452. The van der Waals surface area contributed by atoms with E-state index in [0.29, 0.717) is 17.1 Å². The van der Waals surface area contributed by atoms with Gasteiger partial charge in [0.2, 0.25) is 11.9 Å². The number of guanidine groups is 2. The Bertz CT molecular complexity index is 955. The number of hydrogen-bond donors (Lipinski definition) is 2. The van der Waals surface area contributed by atoms with Crippen LogP contribution in [0.25, 0.3) is 0 Å². The van der Waals surface area contributed by atoms with E-state index in [1.807, 2.05) is 60.4 Å². The molecule has 1 fully saturated rings. The molecule has 28 heavy (non-hydrogen) atoms. The van der Waals surface area contributed by atoms with E-state index >= 15 is 0 Å². The van der Waals surface area contributed by atoms with E-state index in [1.54, 1.807) is 0 Å². The third kappa shape index (κ3) is 3.15. The number of hydrogen-bond acceptors (Lipinski definition) is 6. The maximum absolute atomic E-state index is 13.3. The monoisotopic (exact) mass is 375 g/mol. The second kappa shape index (κ2) is 7.11. The molecule has 0 radical (unpaired) electrons. The van der Waals surface area contributed by atoms with Gasteiger partial charge in [0.1, 0.15) is 5.66 Å². The molecule has 0 saturated heterocycles. The molecule has 1 aliphatic carbocycles. The van der Waals surface area contributed by atoms with Crippen LogP contribution in [0, 0.1) is 6.92 Å². The van der Waals surface area contributed by atoms with Crippen LogP contribution in [-0.4, -0.2) is 23.4 Å². The second-order valence-corrected chi connectivity index (χ2v) is 7.53. The highest BCUT2D eigenvalue weighted by molar-refractivity contribution is 6.15. The van der Waals surface area contributed by atoms with Crippen molar-refractivity contribution in [2.75, 3.05) is 4.90 Å². The van der Waals surface area contributed by atoms with Crippen LogP contribution in [0.2, 0.25) is 0 Å². The van der Waals surface area contributed by atoms with Crippen molar-refractivity contribution in [2.24, 2.45) is 21.5 Å². The number of aliphatic imine (C=N–C) groups is 2. The van der Waals surface area contributed by atoms with Crippen LogP contribution in [0.5, 0.6) is 0 Å². The number of carbonyl (C=O) groups is 1. The number of para-hydroxylation sites is 1. The van der Waals surface area contributed by atoms with Crippen molar-refractivity contribution in [2.45, 2.75) is 44.7 Å². The van der Waals surface area contributed by atoms with E-state index in [-0.39, 0.29) is 11.7 Å². The Morgan fingerprint density at radius 3 is 2.39 bits per heavy atom. The first-order valence-electron chi connectivity index (χ1n) is 9.70. The summed E-state index contributed by atoms with van der Waals surface area (Å²) in [6, 6.07) is 15.1. The van der Waals surface area contributed by atoms with Gasteiger partial charge < -0.3 is 11.5 Å². The number of carbonyl (C=O) groups excluding carboxylic acids is 1. The van der Waals surface area contributed by atoms with E-state index in [4.69, 9.17) is 16.5 Å². The van der Waals surface area contributed by atoms with Crippen LogP contribution in [0.3, 0.4) is 0 Å². The molecule has 2 aliphatic rings. The molecule has 6 heteroatoms. The number of rotatable bonds is 3. The fraction of sp³-hybridized carbons (Fsp3) is 0.318. The minimum Gasteiger partial charge on any atom is -0.369 e. The van der Waals surface area contributed by atoms with E-state index in [2.05, 4.69) is 4.99 Å². The number of aryl methyl sites for hydroxylation is 1. The Balaban J connectivity index is 1.81. The fourth-order valence-corrected chi connectivity index (χ4v) is 4.19. The standard InChI is InChI=1S/C22H25N5O/c1-15-9-11-16(12-10-15)19(28)17-7-3-4-8-18(17)27-21(24)25-20(23)26-22(27)13-5-2-6-14-22/h3-4,7-12H,2,5-6,13-14H2,1H3,(H4,23,24,25,26). The van der Waals surface area contributed by atoms with Crippen LogP contribution in [0.1, 0.15) is 53.6 Å². The van der Waals surface area contributed by atoms with Crippen molar-refractivity contribution in [1.29, 1.82) is 0 Å². The molecule has 1 heterocycles. The molecule has 0 amide bonds. The van der Waals surface area contributed by atoms with Gasteiger partial charge in [-0.2, -0.15) is 4.99 Å². The summed E-state index contributed by atoms with van der Waals surface area (Å²) in [6.07, 6.45) is 4.89. The van der Waals surface area contributed by atoms with Crippen molar-refractivity contribution in [3.05, 3.63) is 65.2 Å². The molecule has 1 saturated carbocycles. The quantitative estimate of drug-likeness (QED) is 0.804. The summed E-state index contributed by atoms with van der Waals surface area (Å²) in [7, 11) is 0. The number of ketones is 1. The lowest BCUT2D eigenvalue weighted by Crippen LogP contribution is -2.58. The SMILES string of the molecule is Cc1ccc(C(=O)c2ccccc2N2C(N)=NC(N)=NC23CCCCC3)cc1. The first kappa shape index (κ1) is 18.2. The van der Waals surface area contributed by atoms with Gasteiger partial charge in [0, 0.05) is 11.1 Å². The van der Waals surface area contributed by atoms with Gasteiger partial charge in [-0.05, 0) is 44.7 Å². The summed E-state index contributed by atoms with van der Waals surface area (Å²) >= 11 is 0. The number of benzene rings is 2. The first-order valence-corrected chi connectivity index (χ1v) is 9.70. The average molecular weight is 375 g/mol. The van der Waals surface area contributed by atoms with Gasteiger partial charge in [-0.3, -0.25) is 9.69 Å². The number of anilines is 1. The lowest BCUT2D eigenvalue weighted by Gasteiger charge is -2.46. The van der Waals surface area contributed by atoms with Gasteiger partial charge in [0.15, 0.2) is 5.78 Å². The van der Waals surface area contributed by atoms with Crippen molar-refractivity contribution < 1.29 is 4.79 Å². The molecular weight excluding hydrogens is 350 g/mol. The molecule has 0 unspecified atom stereocenters. The predicted molar refractivity (Wildman–Crippen MR) is 113 cm³/mol. The average Bonchev–Trinajstić information content (AvgIpc) is 2.68. The molecule has 4 N–H and O–H groups in total. The molecular formula is C22H25N5O. The fourth-order valence-electron chi connectivity index (χ4n) is 4.19. The zero-order chi connectivity index (χ0) is 19.7. The number of nitrogens with zero attached hydrogens (tertiary/aromatic N) is 3. The molecule has 4 rings (SSSR count). The number of nitrogens with two attached hydrogens (primary N) is 2. The first-order chi connectivity index (χ1) is 13.5. The topological polar surface area (TPSA) is 97.1 Å². The van der Waals surface area contributed by atoms with Gasteiger partial charge in [-0.25, -0.2) is 4.99 Å². The van der Waals surface area contributed by atoms with Crippen molar-refractivity contribution >= 4 is 23.4 Å². The smallest absolute Gasteiger partial charge is 0.220 e. The van der Waals surface area contributed by atoms with E-state index in [9.17, 15) is 4.79 Å². The Hall–Kier alpha value is -3.15. The van der Waals surface area contributed by atoms with Gasteiger partial charge in [0.05, 0.1) is 5.69 Å². The van der Waals surface area contributed by atoms with Gasteiger partial charge in [-0.1, -0.05) is 48.4 Å². The summed E-state index contributed by atoms with van der Waals surface area (Å²) in [4.78, 5) is 24.1. The molecule has 0 bridgehead atoms. The second-order valence-electron chi connectivity index (χ2n) is 7.53. The van der Waals surface area contributed by atoms with Crippen molar-refractivity contribution in [3.8, 4) is 0 Å². The molecule has 144 valence electrons. The maximum atomic E-state index is 13.3. The predicted octanol–water partition coefficient (Wildman–Crippen LogP) is 3.34. The molecule has 1 spiro atoms. The minimum absolute atomic E-state index is 0.0446. The van der Waals surface area contributed by atoms with E-state index < -0.39 is 5.66 Å². The van der Waals surface area contributed by atoms with Crippen molar-refractivity contribution in [1.82, 2.24) is 0 Å². The lowest BCUT2D eigenvalue weighted by atomic mass is 9.86. The van der Waals surface area contributed by atoms with Crippen LogP contribution in [0.15, 0.2) is 58.5 Å². The Morgan fingerprint density at radius 1 is 1.00 bits per heavy atom. The Kier molecular flexibility index (Phi) is 4.63. The normalized spacial score (nSPS) is 18.5. The highest BCUT2D eigenvalue weighted by Crippen LogP contribution is 2.40. The summed E-state index contributed by atoms with van der Waals surface area (Å²) in [5, 5.41) is 0.